The van der Waals surface area contributed by atoms with Gasteiger partial charge in [0.1, 0.15) is 0 Å². The summed E-state index contributed by atoms with van der Waals surface area (Å²) in [7, 11) is 0. The fourth-order valence-corrected chi connectivity index (χ4v) is 3.88. The van der Waals surface area contributed by atoms with Crippen LogP contribution in [0.5, 0.6) is 0 Å². The van der Waals surface area contributed by atoms with Crippen LogP contribution < -0.4 is 5.32 Å². The van der Waals surface area contributed by atoms with Crippen molar-refractivity contribution in [2.45, 2.75) is 56.9 Å². The molecule has 0 aromatic rings. The fraction of sp³-hybridized carbons (Fsp3) is 1.00. The number of rotatable bonds is 3. The van der Waals surface area contributed by atoms with E-state index in [0.717, 1.165) is 12.0 Å². The summed E-state index contributed by atoms with van der Waals surface area (Å²) >= 11 is 2.14. The molecule has 2 atom stereocenters. The molecule has 1 N–H and O–H groups in total. The van der Waals surface area contributed by atoms with Gasteiger partial charge in [0.15, 0.2) is 0 Å². The summed E-state index contributed by atoms with van der Waals surface area (Å²) in [5, 5.41) is 3.78. The predicted molar refractivity (Wildman–Crippen MR) is 60.0 cm³/mol. The molecular weight excluding hydrogens is 178 g/mol. The van der Waals surface area contributed by atoms with E-state index in [4.69, 9.17) is 0 Å². The van der Waals surface area contributed by atoms with Gasteiger partial charge in [-0.1, -0.05) is 26.2 Å². The summed E-state index contributed by atoms with van der Waals surface area (Å²) in [6.07, 6.45) is 7.12. The second-order valence-corrected chi connectivity index (χ2v) is 6.32. The van der Waals surface area contributed by atoms with Gasteiger partial charge in [-0.05, 0) is 25.7 Å². The van der Waals surface area contributed by atoms with Crippen molar-refractivity contribution in [2.75, 3.05) is 5.75 Å². The zero-order valence-electron chi connectivity index (χ0n) is 8.81. The summed E-state index contributed by atoms with van der Waals surface area (Å²) < 4.78 is 0. The van der Waals surface area contributed by atoms with E-state index in [0.29, 0.717) is 4.87 Å². The normalized spacial score (nSPS) is 40.6. The maximum atomic E-state index is 3.78. The van der Waals surface area contributed by atoms with Crippen LogP contribution in [0, 0.1) is 5.92 Å². The SMILES string of the molecule is CCC1CSC(C)(CC2CCC2)N1. The lowest BCUT2D eigenvalue weighted by atomic mass is 9.81. The van der Waals surface area contributed by atoms with Crippen LogP contribution >= 0.6 is 11.8 Å². The van der Waals surface area contributed by atoms with E-state index in [-0.39, 0.29) is 0 Å². The van der Waals surface area contributed by atoms with Crippen LogP contribution in [0.25, 0.3) is 0 Å². The average molecular weight is 199 g/mol. The van der Waals surface area contributed by atoms with Gasteiger partial charge >= 0.3 is 0 Å². The minimum absolute atomic E-state index is 0.408. The highest BCUT2D eigenvalue weighted by molar-refractivity contribution is 8.00. The van der Waals surface area contributed by atoms with E-state index in [1.54, 1.807) is 0 Å². The van der Waals surface area contributed by atoms with Gasteiger partial charge in [0.2, 0.25) is 0 Å². The van der Waals surface area contributed by atoms with Crippen LogP contribution in [-0.4, -0.2) is 16.7 Å². The summed E-state index contributed by atoms with van der Waals surface area (Å²) in [6.45, 7) is 4.68. The first kappa shape index (κ1) is 9.85. The van der Waals surface area contributed by atoms with Crippen molar-refractivity contribution >= 4 is 11.8 Å². The van der Waals surface area contributed by atoms with Crippen LogP contribution in [-0.2, 0) is 0 Å². The van der Waals surface area contributed by atoms with E-state index in [2.05, 4.69) is 30.9 Å². The van der Waals surface area contributed by atoms with E-state index in [1.165, 1.54) is 37.9 Å². The second kappa shape index (κ2) is 3.82. The molecule has 2 aliphatic rings. The molecule has 1 nitrogen and oxygen atoms in total. The molecule has 0 radical (unpaired) electrons. The van der Waals surface area contributed by atoms with Gasteiger partial charge in [0.25, 0.3) is 0 Å². The Balaban J connectivity index is 1.82. The minimum Gasteiger partial charge on any atom is -0.299 e. The first-order chi connectivity index (χ1) is 6.22. The fourth-order valence-electron chi connectivity index (χ4n) is 2.39. The zero-order valence-corrected chi connectivity index (χ0v) is 9.62. The van der Waals surface area contributed by atoms with E-state index < -0.39 is 0 Å². The Morgan fingerprint density at radius 2 is 2.23 bits per heavy atom. The van der Waals surface area contributed by atoms with Gasteiger partial charge in [-0.15, -0.1) is 11.8 Å². The maximum Gasteiger partial charge on any atom is 0.0622 e. The van der Waals surface area contributed by atoms with E-state index >= 15 is 0 Å². The number of thioether (sulfide) groups is 1. The molecule has 1 aliphatic heterocycles. The summed E-state index contributed by atoms with van der Waals surface area (Å²) in [5.74, 6) is 2.35. The third-order valence-electron chi connectivity index (χ3n) is 3.51. The van der Waals surface area contributed by atoms with Gasteiger partial charge in [-0.3, -0.25) is 5.32 Å². The van der Waals surface area contributed by atoms with Crippen molar-refractivity contribution in [2.24, 2.45) is 5.92 Å². The monoisotopic (exact) mass is 199 g/mol. The van der Waals surface area contributed by atoms with E-state index in [1.807, 2.05) is 0 Å². The molecule has 76 valence electrons. The summed E-state index contributed by atoms with van der Waals surface area (Å²) in [5.41, 5.74) is 0. The molecule has 1 saturated carbocycles. The molecule has 13 heavy (non-hydrogen) atoms. The Morgan fingerprint density at radius 1 is 1.46 bits per heavy atom. The molecule has 0 aromatic heterocycles. The molecule has 1 aliphatic carbocycles. The lowest BCUT2D eigenvalue weighted by Gasteiger charge is -2.34. The van der Waals surface area contributed by atoms with Gasteiger partial charge in [-0.2, -0.15) is 0 Å². The van der Waals surface area contributed by atoms with Crippen molar-refractivity contribution in [1.82, 2.24) is 5.32 Å². The van der Waals surface area contributed by atoms with Crippen molar-refractivity contribution in [3.8, 4) is 0 Å². The molecule has 0 aromatic carbocycles. The first-order valence-corrected chi connectivity index (χ1v) is 6.62. The first-order valence-electron chi connectivity index (χ1n) is 5.63. The Morgan fingerprint density at radius 3 is 2.69 bits per heavy atom. The number of hydrogen-bond acceptors (Lipinski definition) is 2. The smallest absolute Gasteiger partial charge is 0.0622 e. The van der Waals surface area contributed by atoms with Gasteiger partial charge < -0.3 is 0 Å². The van der Waals surface area contributed by atoms with Crippen molar-refractivity contribution in [3.05, 3.63) is 0 Å². The zero-order chi connectivity index (χ0) is 9.31. The van der Waals surface area contributed by atoms with Crippen LogP contribution in [0.15, 0.2) is 0 Å². The topological polar surface area (TPSA) is 12.0 Å². The van der Waals surface area contributed by atoms with Gasteiger partial charge in [-0.25, -0.2) is 0 Å². The van der Waals surface area contributed by atoms with Crippen LogP contribution in [0.1, 0.15) is 46.0 Å². The second-order valence-electron chi connectivity index (χ2n) is 4.79. The lowest BCUT2D eigenvalue weighted by molar-refractivity contribution is 0.251. The Kier molecular flexibility index (Phi) is 2.89. The Labute approximate surface area is 86.0 Å². The highest BCUT2D eigenvalue weighted by Crippen LogP contribution is 2.41. The van der Waals surface area contributed by atoms with Crippen molar-refractivity contribution < 1.29 is 0 Å². The highest BCUT2D eigenvalue weighted by Gasteiger charge is 2.37. The lowest BCUT2D eigenvalue weighted by Crippen LogP contribution is -2.41. The van der Waals surface area contributed by atoms with Crippen molar-refractivity contribution in [3.63, 3.8) is 0 Å². The largest absolute Gasteiger partial charge is 0.299 e. The molecular formula is C11H21NS. The molecule has 0 amide bonds. The van der Waals surface area contributed by atoms with Gasteiger partial charge in [0, 0.05) is 11.8 Å². The quantitative estimate of drug-likeness (QED) is 0.750. The standard InChI is InChI=1S/C11H21NS/c1-3-10-8-13-11(2,12-10)7-9-5-4-6-9/h9-10,12H,3-8H2,1-2H3. The molecule has 2 heteroatoms. The third kappa shape index (κ3) is 2.21. The summed E-state index contributed by atoms with van der Waals surface area (Å²) in [4.78, 5) is 0.408. The minimum atomic E-state index is 0.408. The van der Waals surface area contributed by atoms with Crippen LogP contribution in [0.4, 0.5) is 0 Å². The molecule has 2 unspecified atom stereocenters. The highest BCUT2D eigenvalue weighted by atomic mass is 32.2. The third-order valence-corrected chi connectivity index (χ3v) is 5.00. The molecule has 1 saturated heterocycles. The maximum absolute atomic E-state index is 3.78. The predicted octanol–water partition coefficient (Wildman–Crippen LogP) is 3.01. The number of hydrogen-bond donors (Lipinski definition) is 1. The van der Waals surface area contributed by atoms with Crippen molar-refractivity contribution in [1.29, 1.82) is 0 Å². The van der Waals surface area contributed by atoms with Crippen LogP contribution in [0.2, 0.25) is 0 Å². The molecule has 2 rings (SSSR count). The molecule has 2 fully saturated rings. The Bertz CT molecular complexity index is 179. The molecule has 1 heterocycles. The summed E-state index contributed by atoms with van der Waals surface area (Å²) in [6, 6.07) is 0.773. The number of nitrogens with one attached hydrogen (secondary N) is 1. The van der Waals surface area contributed by atoms with Gasteiger partial charge in [0.05, 0.1) is 4.87 Å². The van der Waals surface area contributed by atoms with Crippen LogP contribution in [0.3, 0.4) is 0 Å². The van der Waals surface area contributed by atoms with E-state index in [9.17, 15) is 0 Å². The average Bonchev–Trinajstić information content (AvgIpc) is 2.41. The molecule has 0 bridgehead atoms. The Hall–Kier alpha value is 0.310. The molecule has 0 spiro atoms.